The molecule has 9 nitrogen and oxygen atoms in total. The molecular weight excluding hydrogens is 348 g/mol. The second-order valence-corrected chi connectivity index (χ2v) is 4.32. The molecule has 0 heterocycles. The van der Waals surface area contributed by atoms with Gasteiger partial charge in [-0.2, -0.15) is 8.78 Å². The summed E-state index contributed by atoms with van der Waals surface area (Å²) >= 11 is 0. The first-order valence-electron chi connectivity index (χ1n) is 5.89. The number of nitro groups is 2. The van der Waals surface area contributed by atoms with Crippen LogP contribution in [0.1, 0.15) is 5.56 Å². The van der Waals surface area contributed by atoms with Gasteiger partial charge in [-0.25, -0.2) is 13.6 Å². The predicted octanol–water partition coefficient (Wildman–Crippen LogP) is 3.23. The van der Waals surface area contributed by atoms with Crippen LogP contribution >= 0.6 is 0 Å². The van der Waals surface area contributed by atoms with Crippen molar-refractivity contribution in [3.8, 4) is 5.75 Å². The Balaban J connectivity index is 2.94. The molecule has 132 valence electrons. The van der Waals surface area contributed by atoms with Crippen LogP contribution in [0.25, 0.3) is 0 Å². The molecule has 0 atom stereocenters. The van der Waals surface area contributed by atoms with Gasteiger partial charge in [0.1, 0.15) is 5.75 Å². The Bertz CT molecular complexity index is 681. The third-order valence-corrected chi connectivity index (χ3v) is 2.54. The van der Waals surface area contributed by atoms with Crippen molar-refractivity contribution in [2.75, 3.05) is 6.61 Å². The summed E-state index contributed by atoms with van der Waals surface area (Å²) in [5.41, 5.74) is -2.12. The second kappa shape index (κ2) is 7.06. The van der Waals surface area contributed by atoms with Crippen LogP contribution in [-0.2, 0) is 4.74 Å². The van der Waals surface area contributed by atoms with E-state index in [1.165, 1.54) is 0 Å². The van der Waals surface area contributed by atoms with Crippen LogP contribution in [0.4, 0.5) is 33.7 Å². The lowest BCUT2D eigenvalue weighted by Crippen LogP contribution is -2.34. The molecule has 0 aliphatic rings. The van der Waals surface area contributed by atoms with Gasteiger partial charge >= 0.3 is 29.9 Å². The smallest absolute Gasteiger partial charge is 0.427 e. The van der Waals surface area contributed by atoms with Gasteiger partial charge in [-0.05, 0) is 13.0 Å². The van der Waals surface area contributed by atoms with Crippen LogP contribution in [-0.4, -0.2) is 35.0 Å². The molecule has 0 fully saturated rings. The Labute approximate surface area is 130 Å². The molecule has 1 rings (SSSR count). The molecule has 13 heteroatoms. The highest BCUT2D eigenvalue weighted by atomic mass is 19.3. The SMILES string of the molecule is Cc1cc(OC(=O)OCC(F)(F)C(F)F)cc([N+](=O)[O-])c1[N+](=O)[O-]. The number of carbonyl (C=O) groups is 1. The van der Waals surface area contributed by atoms with E-state index in [1.54, 1.807) is 0 Å². The fraction of sp³-hybridized carbons (Fsp3) is 0.364. The van der Waals surface area contributed by atoms with E-state index in [0.29, 0.717) is 6.07 Å². The van der Waals surface area contributed by atoms with Gasteiger partial charge in [-0.3, -0.25) is 20.2 Å². The summed E-state index contributed by atoms with van der Waals surface area (Å²) in [6, 6.07) is 1.34. The molecule has 0 saturated carbocycles. The van der Waals surface area contributed by atoms with E-state index in [2.05, 4.69) is 9.47 Å². The molecular formula is C11H8F4N2O7. The molecule has 0 aromatic heterocycles. The fourth-order valence-corrected chi connectivity index (χ4v) is 1.51. The standard InChI is InChI=1S/C11H8F4N2O7/c1-5-2-6(3-7(16(19)20)8(5)17(21)22)24-10(18)23-4-11(14,15)9(12)13/h2-3,9H,4H2,1H3. The quantitative estimate of drug-likeness (QED) is 0.252. The number of hydrogen-bond donors (Lipinski definition) is 0. The first kappa shape index (κ1) is 19.1. The largest absolute Gasteiger partial charge is 0.514 e. The van der Waals surface area contributed by atoms with Crippen molar-refractivity contribution in [2.45, 2.75) is 19.3 Å². The number of hydrogen-bond acceptors (Lipinski definition) is 7. The number of halogens is 4. The maximum atomic E-state index is 12.6. The van der Waals surface area contributed by atoms with E-state index in [1.807, 2.05) is 0 Å². The van der Waals surface area contributed by atoms with Crippen molar-refractivity contribution in [3.63, 3.8) is 0 Å². The molecule has 1 aromatic carbocycles. The molecule has 1 aromatic rings. The van der Waals surface area contributed by atoms with Crippen molar-refractivity contribution >= 4 is 17.5 Å². The van der Waals surface area contributed by atoms with Crippen molar-refractivity contribution in [3.05, 3.63) is 37.9 Å². The van der Waals surface area contributed by atoms with E-state index in [-0.39, 0.29) is 5.56 Å². The van der Waals surface area contributed by atoms with Crippen LogP contribution in [0, 0.1) is 27.2 Å². The van der Waals surface area contributed by atoms with E-state index < -0.39 is 52.1 Å². The van der Waals surface area contributed by atoms with E-state index in [4.69, 9.17) is 0 Å². The maximum Gasteiger partial charge on any atom is 0.514 e. The highest BCUT2D eigenvalue weighted by molar-refractivity contribution is 5.67. The lowest BCUT2D eigenvalue weighted by atomic mass is 10.1. The number of ether oxygens (including phenoxy) is 2. The van der Waals surface area contributed by atoms with Crippen molar-refractivity contribution in [2.24, 2.45) is 0 Å². The summed E-state index contributed by atoms with van der Waals surface area (Å²) in [7, 11) is 0. The first-order chi connectivity index (χ1) is 11.0. The van der Waals surface area contributed by atoms with E-state index in [9.17, 15) is 42.6 Å². The van der Waals surface area contributed by atoms with Gasteiger partial charge in [0.05, 0.1) is 15.9 Å². The average Bonchev–Trinajstić information content (AvgIpc) is 2.43. The number of nitro benzene ring substituents is 2. The molecule has 0 N–H and O–H groups in total. The summed E-state index contributed by atoms with van der Waals surface area (Å²) < 4.78 is 57.0. The first-order valence-corrected chi connectivity index (χ1v) is 5.89. The van der Waals surface area contributed by atoms with Crippen LogP contribution < -0.4 is 4.74 Å². The maximum absolute atomic E-state index is 12.6. The monoisotopic (exact) mass is 356 g/mol. The molecule has 0 spiro atoms. The third kappa shape index (κ3) is 4.50. The number of carbonyl (C=O) groups excluding carboxylic acids is 1. The third-order valence-electron chi connectivity index (χ3n) is 2.54. The number of rotatable bonds is 6. The number of aryl methyl sites for hydroxylation is 1. The van der Waals surface area contributed by atoms with E-state index >= 15 is 0 Å². The summed E-state index contributed by atoms with van der Waals surface area (Å²) in [6.07, 6.45) is -5.91. The Kier molecular flexibility index (Phi) is 5.60. The lowest BCUT2D eigenvalue weighted by Gasteiger charge is -2.14. The van der Waals surface area contributed by atoms with Crippen LogP contribution in [0.5, 0.6) is 5.75 Å². The minimum Gasteiger partial charge on any atom is -0.427 e. The average molecular weight is 356 g/mol. The Hall–Kier alpha value is -2.99. The molecule has 24 heavy (non-hydrogen) atoms. The molecule has 0 aliphatic heterocycles. The molecule has 0 amide bonds. The van der Waals surface area contributed by atoms with E-state index in [0.717, 1.165) is 13.0 Å². The topological polar surface area (TPSA) is 122 Å². The van der Waals surface area contributed by atoms with Gasteiger partial charge in [0, 0.05) is 5.56 Å². The molecule has 0 aliphatic carbocycles. The lowest BCUT2D eigenvalue weighted by molar-refractivity contribution is -0.422. The highest BCUT2D eigenvalue weighted by Crippen LogP contribution is 2.34. The highest BCUT2D eigenvalue weighted by Gasteiger charge is 2.42. The van der Waals surface area contributed by atoms with Gasteiger partial charge < -0.3 is 9.47 Å². The van der Waals surface area contributed by atoms with Gasteiger partial charge in [-0.15, -0.1) is 0 Å². The van der Waals surface area contributed by atoms with Gasteiger partial charge in [0.2, 0.25) is 0 Å². The summed E-state index contributed by atoms with van der Waals surface area (Å²) in [4.78, 5) is 30.6. The Morgan fingerprint density at radius 2 is 1.83 bits per heavy atom. The zero-order valence-electron chi connectivity index (χ0n) is 11.7. The molecule has 0 unspecified atom stereocenters. The number of alkyl halides is 4. The molecule has 0 radical (unpaired) electrons. The number of benzene rings is 1. The molecule has 0 bridgehead atoms. The predicted molar refractivity (Wildman–Crippen MR) is 67.4 cm³/mol. The zero-order chi connectivity index (χ0) is 18.7. The second-order valence-electron chi connectivity index (χ2n) is 4.32. The van der Waals surface area contributed by atoms with Gasteiger partial charge in [0.15, 0.2) is 6.61 Å². The molecule has 0 saturated heterocycles. The summed E-state index contributed by atoms with van der Waals surface area (Å²) in [5.74, 6) is -5.22. The minimum absolute atomic E-state index is 0.255. The summed E-state index contributed by atoms with van der Waals surface area (Å²) in [5, 5.41) is 21.6. The minimum atomic E-state index is -4.60. The Morgan fingerprint density at radius 3 is 2.29 bits per heavy atom. The van der Waals surface area contributed by atoms with Crippen molar-refractivity contribution < 1.29 is 41.7 Å². The van der Waals surface area contributed by atoms with Crippen molar-refractivity contribution in [1.29, 1.82) is 0 Å². The van der Waals surface area contributed by atoms with Crippen molar-refractivity contribution in [1.82, 2.24) is 0 Å². The zero-order valence-corrected chi connectivity index (χ0v) is 11.7. The summed E-state index contributed by atoms with van der Waals surface area (Å²) in [6.45, 7) is -0.869. The van der Waals surface area contributed by atoms with Crippen LogP contribution in [0.15, 0.2) is 12.1 Å². The van der Waals surface area contributed by atoms with Gasteiger partial charge in [0.25, 0.3) is 0 Å². The normalized spacial score (nSPS) is 11.2. The number of nitrogens with zero attached hydrogens (tertiary/aromatic N) is 2. The van der Waals surface area contributed by atoms with Crippen LogP contribution in [0.2, 0.25) is 0 Å². The Morgan fingerprint density at radius 1 is 1.25 bits per heavy atom. The van der Waals surface area contributed by atoms with Gasteiger partial charge in [-0.1, -0.05) is 0 Å². The fourth-order valence-electron chi connectivity index (χ4n) is 1.51. The van der Waals surface area contributed by atoms with Crippen LogP contribution in [0.3, 0.4) is 0 Å².